The van der Waals surface area contributed by atoms with Crippen molar-refractivity contribution in [3.63, 3.8) is 0 Å². The minimum atomic E-state index is -0.822. The van der Waals surface area contributed by atoms with Crippen molar-refractivity contribution in [2.45, 2.75) is 12.8 Å². The Morgan fingerprint density at radius 1 is 1.38 bits per heavy atom. The van der Waals surface area contributed by atoms with Gasteiger partial charge in [-0.3, -0.25) is 9.78 Å². The monoisotopic (exact) mass is 233 g/mol. The summed E-state index contributed by atoms with van der Waals surface area (Å²) in [5.74, 6) is -1.40. The van der Waals surface area contributed by atoms with Gasteiger partial charge < -0.3 is 5.11 Å². The van der Waals surface area contributed by atoms with Crippen molar-refractivity contribution in [2.75, 3.05) is 0 Å². The highest BCUT2D eigenvalue weighted by molar-refractivity contribution is 7.10. The van der Waals surface area contributed by atoms with Gasteiger partial charge in [-0.25, -0.2) is 0 Å². The lowest BCUT2D eigenvalue weighted by Crippen LogP contribution is -2.12. The molecule has 0 aromatic carbocycles. The number of carbonyl (C=O) groups is 1. The fourth-order valence-electron chi connectivity index (χ4n) is 1.64. The molecule has 0 spiro atoms. The molecule has 1 N–H and O–H groups in total. The Labute approximate surface area is 97.4 Å². The molecule has 4 heteroatoms. The molecule has 2 aromatic rings. The predicted molar refractivity (Wildman–Crippen MR) is 62.8 cm³/mol. The standard InChI is InChI=1S/C12H11NO2S/c1-8-4-7-16-11(8)10(12(14)15)9-2-5-13-6-3-9/h2-7,10H,1H3,(H,14,15). The van der Waals surface area contributed by atoms with Crippen LogP contribution in [-0.4, -0.2) is 16.1 Å². The van der Waals surface area contributed by atoms with Crippen molar-refractivity contribution in [1.82, 2.24) is 4.98 Å². The molecule has 2 aromatic heterocycles. The molecule has 0 amide bonds. The number of thiophene rings is 1. The summed E-state index contributed by atoms with van der Waals surface area (Å²) in [5.41, 5.74) is 1.79. The van der Waals surface area contributed by atoms with Gasteiger partial charge in [0.05, 0.1) is 0 Å². The van der Waals surface area contributed by atoms with E-state index >= 15 is 0 Å². The zero-order valence-corrected chi connectivity index (χ0v) is 9.57. The van der Waals surface area contributed by atoms with Crippen LogP contribution in [0.25, 0.3) is 0 Å². The number of pyridine rings is 1. The van der Waals surface area contributed by atoms with Gasteiger partial charge in [0.1, 0.15) is 5.92 Å². The molecule has 2 heterocycles. The molecule has 0 radical (unpaired) electrons. The van der Waals surface area contributed by atoms with E-state index in [9.17, 15) is 9.90 Å². The first-order valence-corrected chi connectivity index (χ1v) is 5.75. The third-order valence-electron chi connectivity index (χ3n) is 2.45. The van der Waals surface area contributed by atoms with Crippen LogP contribution in [0.4, 0.5) is 0 Å². The van der Waals surface area contributed by atoms with Crippen LogP contribution in [0.15, 0.2) is 36.0 Å². The van der Waals surface area contributed by atoms with Gasteiger partial charge in [0.2, 0.25) is 0 Å². The van der Waals surface area contributed by atoms with Gasteiger partial charge in [-0.1, -0.05) is 0 Å². The lowest BCUT2D eigenvalue weighted by molar-refractivity contribution is -0.137. The van der Waals surface area contributed by atoms with Crippen molar-refractivity contribution < 1.29 is 9.90 Å². The molecule has 0 aliphatic heterocycles. The fraction of sp³-hybridized carbons (Fsp3) is 0.167. The minimum absolute atomic E-state index is 0.581. The molecule has 2 rings (SSSR count). The van der Waals surface area contributed by atoms with Crippen LogP contribution in [0.2, 0.25) is 0 Å². The highest BCUT2D eigenvalue weighted by Gasteiger charge is 2.24. The maximum Gasteiger partial charge on any atom is 0.316 e. The number of hydrogen-bond acceptors (Lipinski definition) is 3. The van der Waals surface area contributed by atoms with Gasteiger partial charge in [-0.2, -0.15) is 0 Å². The maximum absolute atomic E-state index is 11.3. The molecule has 1 atom stereocenters. The SMILES string of the molecule is Cc1ccsc1C(C(=O)O)c1ccncc1. The van der Waals surface area contributed by atoms with Gasteiger partial charge >= 0.3 is 5.97 Å². The quantitative estimate of drug-likeness (QED) is 0.886. The van der Waals surface area contributed by atoms with E-state index in [0.29, 0.717) is 0 Å². The molecule has 0 fully saturated rings. The first-order chi connectivity index (χ1) is 7.70. The van der Waals surface area contributed by atoms with E-state index in [0.717, 1.165) is 16.0 Å². The fourth-order valence-corrected chi connectivity index (χ4v) is 2.69. The summed E-state index contributed by atoms with van der Waals surface area (Å²) < 4.78 is 0. The van der Waals surface area contributed by atoms with Gasteiger partial charge in [-0.15, -0.1) is 11.3 Å². The molecule has 16 heavy (non-hydrogen) atoms. The highest BCUT2D eigenvalue weighted by atomic mass is 32.1. The lowest BCUT2D eigenvalue weighted by Gasteiger charge is -2.11. The molecule has 0 aliphatic carbocycles. The Kier molecular flexibility index (Phi) is 3.01. The van der Waals surface area contributed by atoms with Crippen molar-refractivity contribution in [3.05, 3.63) is 52.0 Å². The zero-order valence-electron chi connectivity index (χ0n) is 8.75. The van der Waals surface area contributed by atoms with Crippen LogP contribution in [0.3, 0.4) is 0 Å². The normalized spacial score (nSPS) is 12.3. The number of aliphatic carboxylic acids is 1. The molecule has 0 bridgehead atoms. The smallest absolute Gasteiger partial charge is 0.316 e. The van der Waals surface area contributed by atoms with Crippen molar-refractivity contribution in [3.8, 4) is 0 Å². The van der Waals surface area contributed by atoms with Crippen LogP contribution in [0, 0.1) is 6.92 Å². The van der Waals surface area contributed by atoms with Crippen LogP contribution < -0.4 is 0 Å². The summed E-state index contributed by atoms with van der Waals surface area (Å²) in [6.07, 6.45) is 3.24. The van der Waals surface area contributed by atoms with Crippen molar-refractivity contribution >= 4 is 17.3 Å². The Hall–Kier alpha value is -1.68. The van der Waals surface area contributed by atoms with Crippen molar-refractivity contribution in [2.24, 2.45) is 0 Å². The third kappa shape index (κ3) is 1.97. The third-order valence-corrected chi connectivity index (χ3v) is 3.53. The number of rotatable bonds is 3. The Balaban J connectivity index is 2.48. The number of aryl methyl sites for hydroxylation is 1. The van der Waals surface area contributed by atoms with E-state index in [1.807, 2.05) is 18.4 Å². The van der Waals surface area contributed by atoms with Gasteiger partial charge in [0.25, 0.3) is 0 Å². The van der Waals surface area contributed by atoms with E-state index in [1.54, 1.807) is 24.5 Å². The topological polar surface area (TPSA) is 50.2 Å². The number of nitrogens with zero attached hydrogens (tertiary/aromatic N) is 1. The summed E-state index contributed by atoms with van der Waals surface area (Å²) >= 11 is 1.48. The van der Waals surface area contributed by atoms with Crippen LogP contribution in [0.5, 0.6) is 0 Å². The van der Waals surface area contributed by atoms with E-state index in [-0.39, 0.29) is 0 Å². The van der Waals surface area contributed by atoms with Gasteiger partial charge in [0, 0.05) is 17.3 Å². The largest absolute Gasteiger partial charge is 0.481 e. The second-order valence-electron chi connectivity index (χ2n) is 3.52. The second-order valence-corrected chi connectivity index (χ2v) is 4.47. The summed E-state index contributed by atoms with van der Waals surface area (Å²) in [5, 5.41) is 11.2. The summed E-state index contributed by atoms with van der Waals surface area (Å²) in [6.45, 7) is 1.93. The Bertz CT molecular complexity index is 493. The van der Waals surface area contributed by atoms with Crippen LogP contribution in [0.1, 0.15) is 21.9 Å². The van der Waals surface area contributed by atoms with E-state index in [2.05, 4.69) is 4.98 Å². The molecule has 82 valence electrons. The molecule has 0 saturated carbocycles. The highest BCUT2D eigenvalue weighted by Crippen LogP contribution is 2.31. The average molecular weight is 233 g/mol. The van der Waals surface area contributed by atoms with Crippen LogP contribution >= 0.6 is 11.3 Å². The first kappa shape index (κ1) is 10.8. The molecular formula is C12H11NO2S. The number of aromatic nitrogens is 1. The number of hydrogen-bond donors (Lipinski definition) is 1. The molecule has 0 aliphatic rings. The van der Waals surface area contributed by atoms with E-state index in [4.69, 9.17) is 0 Å². The van der Waals surface area contributed by atoms with Crippen LogP contribution in [-0.2, 0) is 4.79 Å². The number of carboxylic acid groups (broad SMARTS) is 1. The summed E-state index contributed by atoms with van der Waals surface area (Å²) in [7, 11) is 0. The lowest BCUT2D eigenvalue weighted by atomic mass is 9.96. The zero-order chi connectivity index (χ0) is 11.5. The summed E-state index contributed by atoms with van der Waals surface area (Å²) in [6, 6.07) is 5.44. The minimum Gasteiger partial charge on any atom is -0.481 e. The van der Waals surface area contributed by atoms with E-state index < -0.39 is 11.9 Å². The Morgan fingerprint density at radius 3 is 2.56 bits per heavy atom. The molecular weight excluding hydrogens is 222 g/mol. The van der Waals surface area contributed by atoms with Gasteiger partial charge in [0.15, 0.2) is 0 Å². The molecule has 1 unspecified atom stereocenters. The predicted octanol–water partition coefficient (Wildman–Crippen LogP) is 2.67. The molecule has 3 nitrogen and oxygen atoms in total. The Morgan fingerprint density at radius 2 is 2.06 bits per heavy atom. The summed E-state index contributed by atoms with van der Waals surface area (Å²) in [4.78, 5) is 16.1. The number of carboxylic acids is 1. The van der Waals surface area contributed by atoms with Gasteiger partial charge in [-0.05, 0) is 41.6 Å². The maximum atomic E-state index is 11.3. The molecule has 0 saturated heterocycles. The average Bonchev–Trinajstić information content (AvgIpc) is 2.66. The second kappa shape index (κ2) is 4.45. The first-order valence-electron chi connectivity index (χ1n) is 4.87. The van der Waals surface area contributed by atoms with Crippen molar-refractivity contribution in [1.29, 1.82) is 0 Å². The van der Waals surface area contributed by atoms with E-state index in [1.165, 1.54) is 11.3 Å².